The predicted molar refractivity (Wildman–Crippen MR) is 101 cm³/mol. The molecular formula is C19H23ClN2O3. The summed E-state index contributed by atoms with van der Waals surface area (Å²) in [6.45, 7) is 5.24. The van der Waals surface area contributed by atoms with Gasteiger partial charge in [0.2, 0.25) is 0 Å². The van der Waals surface area contributed by atoms with Crippen LogP contribution in [0.5, 0.6) is 11.5 Å². The molecule has 2 amide bonds. The lowest BCUT2D eigenvalue weighted by atomic mass is 10.2. The summed E-state index contributed by atoms with van der Waals surface area (Å²) in [4.78, 5) is 13.9. The van der Waals surface area contributed by atoms with Crippen LogP contribution < -0.4 is 14.8 Å². The van der Waals surface area contributed by atoms with Gasteiger partial charge < -0.3 is 19.7 Å². The molecule has 6 heteroatoms. The van der Waals surface area contributed by atoms with Crippen molar-refractivity contribution in [1.29, 1.82) is 0 Å². The summed E-state index contributed by atoms with van der Waals surface area (Å²) in [6.07, 6.45) is 0. The van der Waals surface area contributed by atoms with Gasteiger partial charge in [-0.2, -0.15) is 0 Å². The van der Waals surface area contributed by atoms with Crippen molar-refractivity contribution in [1.82, 2.24) is 4.90 Å². The second-order valence-corrected chi connectivity index (χ2v) is 6.03. The van der Waals surface area contributed by atoms with Crippen LogP contribution in [0.15, 0.2) is 42.5 Å². The molecule has 0 unspecified atom stereocenters. The molecule has 0 aliphatic heterocycles. The van der Waals surface area contributed by atoms with E-state index in [0.717, 1.165) is 5.56 Å². The Labute approximate surface area is 153 Å². The molecule has 25 heavy (non-hydrogen) atoms. The smallest absolute Gasteiger partial charge is 0.321 e. The average Bonchev–Trinajstić information content (AvgIpc) is 2.57. The minimum Gasteiger partial charge on any atom is -0.492 e. The van der Waals surface area contributed by atoms with Crippen molar-refractivity contribution >= 4 is 23.3 Å². The van der Waals surface area contributed by atoms with Crippen LogP contribution in [0.2, 0.25) is 5.02 Å². The van der Waals surface area contributed by atoms with Crippen LogP contribution in [0.3, 0.4) is 0 Å². The first kappa shape index (κ1) is 18.9. The summed E-state index contributed by atoms with van der Waals surface area (Å²) < 4.78 is 11.2. The maximum absolute atomic E-state index is 12.3. The third kappa shape index (κ3) is 5.87. The molecular weight excluding hydrogens is 340 g/mol. The lowest BCUT2D eigenvalue weighted by Gasteiger charge is -2.19. The fourth-order valence-electron chi connectivity index (χ4n) is 2.18. The Morgan fingerprint density at radius 3 is 2.72 bits per heavy atom. The zero-order valence-corrected chi connectivity index (χ0v) is 15.5. The van der Waals surface area contributed by atoms with Gasteiger partial charge in [0.15, 0.2) is 0 Å². The topological polar surface area (TPSA) is 50.8 Å². The van der Waals surface area contributed by atoms with Gasteiger partial charge in [0.25, 0.3) is 0 Å². The molecule has 0 heterocycles. The van der Waals surface area contributed by atoms with Crippen LogP contribution in [0.1, 0.15) is 12.5 Å². The van der Waals surface area contributed by atoms with Crippen molar-refractivity contribution in [2.45, 2.75) is 13.8 Å². The van der Waals surface area contributed by atoms with Crippen LogP contribution in [-0.2, 0) is 0 Å². The third-order valence-electron chi connectivity index (χ3n) is 3.52. The Morgan fingerprint density at radius 1 is 1.20 bits per heavy atom. The zero-order chi connectivity index (χ0) is 18.2. The van der Waals surface area contributed by atoms with Gasteiger partial charge in [-0.25, -0.2) is 4.79 Å². The predicted octanol–water partition coefficient (Wildman–Crippen LogP) is 4.59. The molecule has 2 aromatic carbocycles. The van der Waals surface area contributed by atoms with E-state index in [-0.39, 0.29) is 6.03 Å². The lowest BCUT2D eigenvalue weighted by Crippen LogP contribution is -2.34. The fraction of sp³-hybridized carbons (Fsp3) is 0.316. The van der Waals surface area contributed by atoms with E-state index in [1.807, 2.05) is 44.2 Å². The number of likely N-dealkylation sites (N-methyl/N-ethyl adjacent to an activating group) is 1. The van der Waals surface area contributed by atoms with Crippen LogP contribution >= 0.6 is 11.6 Å². The van der Waals surface area contributed by atoms with Crippen LogP contribution in [0.4, 0.5) is 10.5 Å². The number of ether oxygens (including phenoxy) is 2. The highest BCUT2D eigenvalue weighted by molar-refractivity contribution is 6.30. The largest absolute Gasteiger partial charge is 0.492 e. The normalized spacial score (nSPS) is 10.2. The molecule has 0 atom stereocenters. The van der Waals surface area contributed by atoms with Crippen molar-refractivity contribution in [2.75, 3.05) is 32.1 Å². The highest BCUT2D eigenvalue weighted by Gasteiger charge is 2.12. The van der Waals surface area contributed by atoms with E-state index in [9.17, 15) is 4.79 Å². The number of rotatable bonds is 7. The number of nitrogens with zero attached hydrogens (tertiary/aromatic N) is 1. The van der Waals surface area contributed by atoms with Gasteiger partial charge in [-0.1, -0.05) is 23.7 Å². The maximum Gasteiger partial charge on any atom is 0.321 e. The fourth-order valence-corrected chi connectivity index (χ4v) is 2.36. The molecule has 0 bridgehead atoms. The summed E-state index contributed by atoms with van der Waals surface area (Å²) in [6, 6.07) is 12.6. The first-order valence-corrected chi connectivity index (χ1v) is 8.51. The molecule has 2 aromatic rings. The van der Waals surface area contributed by atoms with Gasteiger partial charge >= 0.3 is 6.03 Å². The number of amides is 2. The number of nitrogens with one attached hydrogen (secondary N) is 1. The zero-order valence-electron chi connectivity index (χ0n) is 14.7. The molecule has 0 fully saturated rings. The molecule has 0 aliphatic rings. The standard InChI is InChI=1S/C19H23ClN2O3/c1-4-24-18-12-14(2)8-9-17(18)21-19(23)22(3)10-11-25-16-7-5-6-15(20)13-16/h5-9,12-13H,4,10-11H2,1-3H3,(H,21,23). The number of halogens is 1. The van der Waals surface area contributed by atoms with E-state index in [4.69, 9.17) is 21.1 Å². The van der Waals surface area contributed by atoms with Crippen molar-refractivity contribution < 1.29 is 14.3 Å². The highest BCUT2D eigenvalue weighted by atomic mass is 35.5. The van der Waals surface area contributed by atoms with Gasteiger partial charge in [0.05, 0.1) is 18.8 Å². The number of carbonyl (C=O) groups excluding carboxylic acids is 1. The molecule has 1 N–H and O–H groups in total. The number of aryl methyl sites for hydroxylation is 1. The molecule has 0 radical (unpaired) electrons. The third-order valence-corrected chi connectivity index (χ3v) is 3.75. The Bertz CT molecular complexity index is 722. The highest BCUT2D eigenvalue weighted by Crippen LogP contribution is 2.26. The molecule has 0 spiro atoms. The average molecular weight is 363 g/mol. The summed E-state index contributed by atoms with van der Waals surface area (Å²) >= 11 is 5.91. The minimum absolute atomic E-state index is 0.223. The summed E-state index contributed by atoms with van der Waals surface area (Å²) in [5, 5.41) is 3.48. The summed E-state index contributed by atoms with van der Waals surface area (Å²) in [5.74, 6) is 1.35. The van der Waals surface area contributed by atoms with Crippen molar-refractivity contribution in [3.63, 3.8) is 0 Å². The van der Waals surface area contributed by atoms with Gasteiger partial charge in [-0.3, -0.25) is 0 Å². The molecule has 134 valence electrons. The molecule has 0 saturated heterocycles. The van der Waals surface area contributed by atoms with E-state index in [1.54, 1.807) is 24.1 Å². The second-order valence-electron chi connectivity index (χ2n) is 5.59. The molecule has 2 rings (SSSR count). The van der Waals surface area contributed by atoms with E-state index in [0.29, 0.717) is 42.0 Å². The van der Waals surface area contributed by atoms with E-state index in [2.05, 4.69) is 5.32 Å². The van der Waals surface area contributed by atoms with Crippen molar-refractivity contribution in [3.05, 3.63) is 53.1 Å². The van der Waals surface area contributed by atoms with E-state index < -0.39 is 0 Å². The number of benzene rings is 2. The number of urea groups is 1. The van der Waals surface area contributed by atoms with Crippen LogP contribution in [-0.4, -0.2) is 37.7 Å². The first-order valence-electron chi connectivity index (χ1n) is 8.13. The second kappa shape index (κ2) is 9.18. The van der Waals surface area contributed by atoms with Gasteiger partial charge in [0, 0.05) is 12.1 Å². The summed E-state index contributed by atoms with van der Waals surface area (Å²) in [5.41, 5.74) is 1.73. The van der Waals surface area contributed by atoms with Crippen LogP contribution in [0, 0.1) is 6.92 Å². The van der Waals surface area contributed by atoms with Gasteiger partial charge in [-0.15, -0.1) is 0 Å². The maximum atomic E-state index is 12.3. The quantitative estimate of drug-likeness (QED) is 0.783. The first-order chi connectivity index (χ1) is 12.0. The molecule has 0 aromatic heterocycles. The van der Waals surface area contributed by atoms with Crippen LogP contribution in [0.25, 0.3) is 0 Å². The Hall–Kier alpha value is -2.40. The Morgan fingerprint density at radius 2 is 2.00 bits per heavy atom. The number of hydrogen-bond acceptors (Lipinski definition) is 3. The molecule has 5 nitrogen and oxygen atoms in total. The van der Waals surface area contributed by atoms with Crippen molar-refractivity contribution in [2.24, 2.45) is 0 Å². The Kier molecular flexibility index (Phi) is 6.95. The lowest BCUT2D eigenvalue weighted by molar-refractivity contribution is 0.207. The van der Waals surface area contributed by atoms with E-state index in [1.165, 1.54) is 0 Å². The Balaban J connectivity index is 1.88. The minimum atomic E-state index is -0.223. The number of carbonyl (C=O) groups is 1. The SMILES string of the molecule is CCOc1cc(C)ccc1NC(=O)N(C)CCOc1cccc(Cl)c1. The van der Waals surface area contributed by atoms with Gasteiger partial charge in [0.1, 0.15) is 18.1 Å². The molecule has 0 aliphatic carbocycles. The number of anilines is 1. The van der Waals surface area contributed by atoms with Gasteiger partial charge in [-0.05, 0) is 49.7 Å². The molecule has 0 saturated carbocycles. The van der Waals surface area contributed by atoms with Crippen molar-refractivity contribution in [3.8, 4) is 11.5 Å². The monoisotopic (exact) mass is 362 g/mol. The number of hydrogen-bond donors (Lipinski definition) is 1. The summed E-state index contributed by atoms with van der Waals surface area (Å²) in [7, 11) is 1.71. The van der Waals surface area contributed by atoms with E-state index >= 15 is 0 Å².